The molecule has 1 aromatic carbocycles. The van der Waals surface area contributed by atoms with Crippen molar-refractivity contribution in [1.82, 2.24) is 10.2 Å². The summed E-state index contributed by atoms with van der Waals surface area (Å²) in [7, 11) is 0. The lowest BCUT2D eigenvalue weighted by Crippen LogP contribution is -2.52. The summed E-state index contributed by atoms with van der Waals surface area (Å²) in [5, 5.41) is 2.43. The van der Waals surface area contributed by atoms with Gasteiger partial charge in [0.25, 0.3) is 0 Å². The molecule has 0 radical (unpaired) electrons. The van der Waals surface area contributed by atoms with Crippen molar-refractivity contribution in [2.24, 2.45) is 11.8 Å². The lowest BCUT2D eigenvalue weighted by molar-refractivity contribution is -0.121. The van der Waals surface area contributed by atoms with Crippen LogP contribution in [0, 0.1) is 11.8 Å². The van der Waals surface area contributed by atoms with Crippen LogP contribution >= 0.6 is 0 Å². The first-order valence-electron chi connectivity index (χ1n) is 8.50. The molecule has 2 saturated heterocycles. The van der Waals surface area contributed by atoms with Crippen LogP contribution in [0.1, 0.15) is 31.7 Å². The Hall–Kier alpha value is -2.04. The number of carbonyl (C=O) groups is 2. The molecule has 1 aliphatic carbocycles. The maximum atomic E-state index is 12.0. The summed E-state index contributed by atoms with van der Waals surface area (Å²) in [6, 6.07) is 8.97. The van der Waals surface area contributed by atoms with E-state index in [9.17, 15) is 9.59 Å². The lowest BCUT2D eigenvalue weighted by Gasteiger charge is -2.30. The maximum absolute atomic E-state index is 12.0. The van der Waals surface area contributed by atoms with E-state index in [1.807, 2.05) is 4.90 Å². The van der Waals surface area contributed by atoms with Gasteiger partial charge in [-0.15, -0.1) is 0 Å². The van der Waals surface area contributed by atoms with Crippen LogP contribution in [0.4, 0.5) is 10.5 Å². The van der Waals surface area contributed by atoms with E-state index in [4.69, 9.17) is 0 Å². The summed E-state index contributed by atoms with van der Waals surface area (Å²) in [5.74, 6) is 1.52. The Morgan fingerprint density at radius 3 is 2.30 bits per heavy atom. The van der Waals surface area contributed by atoms with Crippen LogP contribution < -0.4 is 10.2 Å². The molecule has 1 saturated carbocycles. The van der Waals surface area contributed by atoms with Crippen molar-refractivity contribution in [3.63, 3.8) is 0 Å². The van der Waals surface area contributed by atoms with Crippen molar-refractivity contribution in [2.45, 2.75) is 32.2 Å². The van der Waals surface area contributed by atoms with Crippen LogP contribution in [-0.4, -0.2) is 42.5 Å². The zero-order valence-corrected chi connectivity index (χ0v) is 13.7. The summed E-state index contributed by atoms with van der Waals surface area (Å²) < 4.78 is 0. The summed E-state index contributed by atoms with van der Waals surface area (Å²) in [6.07, 6.45) is 0.433. The van der Waals surface area contributed by atoms with Gasteiger partial charge in [0, 0.05) is 49.6 Å². The monoisotopic (exact) mass is 313 g/mol. The summed E-state index contributed by atoms with van der Waals surface area (Å²) in [5.41, 5.74) is 2.64. The Kier molecular flexibility index (Phi) is 3.32. The zero-order chi connectivity index (χ0) is 16.1. The minimum atomic E-state index is -0.200. The number of fused-ring (bicyclic) bond motifs is 1. The van der Waals surface area contributed by atoms with Gasteiger partial charge in [-0.1, -0.05) is 26.0 Å². The molecule has 3 fully saturated rings. The topological polar surface area (TPSA) is 52.6 Å². The maximum Gasteiger partial charge on any atom is 0.324 e. The van der Waals surface area contributed by atoms with Gasteiger partial charge in [-0.3, -0.25) is 10.1 Å². The number of anilines is 1. The highest BCUT2D eigenvalue weighted by Crippen LogP contribution is 2.50. The number of urea groups is 1. The molecule has 0 bridgehead atoms. The first kappa shape index (κ1) is 14.5. The van der Waals surface area contributed by atoms with Gasteiger partial charge in [0.05, 0.1) is 0 Å². The molecule has 2 unspecified atom stereocenters. The second-order valence-electron chi connectivity index (χ2n) is 7.27. The first-order chi connectivity index (χ1) is 11.0. The molecule has 0 spiro atoms. The van der Waals surface area contributed by atoms with E-state index < -0.39 is 0 Å². The fourth-order valence-corrected chi connectivity index (χ4v) is 4.10. The number of hydrogen-bond donors (Lipinski definition) is 1. The number of imide groups is 1. The third-order valence-electron chi connectivity index (χ3n) is 5.52. The quantitative estimate of drug-likeness (QED) is 0.930. The van der Waals surface area contributed by atoms with Gasteiger partial charge in [-0.05, 0) is 23.6 Å². The molecule has 23 heavy (non-hydrogen) atoms. The fourth-order valence-electron chi connectivity index (χ4n) is 4.10. The lowest BCUT2D eigenvalue weighted by atomic mass is 10.0. The molecule has 2 heterocycles. The number of benzene rings is 1. The smallest absolute Gasteiger partial charge is 0.324 e. The summed E-state index contributed by atoms with van der Waals surface area (Å²) in [4.78, 5) is 27.5. The predicted octanol–water partition coefficient (Wildman–Crippen LogP) is 2.19. The normalized spacial score (nSPS) is 29.8. The SMILES string of the molecule is CC(C)c1ccc(N2CC3C(C2)C3N2CCC(=O)NC2=O)cc1. The first-order valence-corrected chi connectivity index (χ1v) is 8.50. The van der Waals surface area contributed by atoms with Crippen molar-refractivity contribution in [1.29, 1.82) is 0 Å². The standard InChI is InChI=1S/C18H23N3O2/c1-11(2)12-3-5-13(6-4-12)20-9-14-15(10-20)17(14)21-8-7-16(22)19-18(21)23/h3-6,11,14-15,17H,7-10H2,1-2H3,(H,19,22,23). The highest BCUT2D eigenvalue weighted by molar-refractivity contribution is 5.97. The second kappa shape index (κ2) is 5.25. The van der Waals surface area contributed by atoms with Gasteiger partial charge in [-0.25, -0.2) is 4.79 Å². The number of hydrogen-bond acceptors (Lipinski definition) is 3. The number of amides is 3. The Balaban J connectivity index is 1.38. The molecule has 2 aliphatic heterocycles. The highest BCUT2D eigenvalue weighted by atomic mass is 16.2. The molecule has 0 aromatic heterocycles. The Morgan fingerprint density at radius 1 is 1.09 bits per heavy atom. The van der Waals surface area contributed by atoms with Gasteiger partial charge in [0.1, 0.15) is 0 Å². The van der Waals surface area contributed by atoms with E-state index in [0.717, 1.165) is 13.1 Å². The molecule has 3 aliphatic rings. The van der Waals surface area contributed by atoms with E-state index in [-0.39, 0.29) is 11.9 Å². The number of piperidine rings is 1. The van der Waals surface area contributed by atoms with Crippen molar-refractivity contribution in [3.05, 3.63) is 29.8 Å². The van der Waals surface area contributed by atoms with Gasteiger partial charge in [0.2, 0.25) is 5.91 Å². The van der Waals surface area contributed by atoms with Gasteiger partial charge in [-0.2, -0.15) is 0 Å². The van der Waals surface area contributed by atoms with Gasteiger partial charge in [0.15, 0.2) is 0 Å². The van der Waals surface area contributed by atoms with Crippen molar-refractivity contribution >= 4 is 17.6 Å². The molecule has 122 valence electrons. The van der Waals surface area contributed by atoms with Crippen LogP contribution in [-0.2, 0) is 4.79 Å². The third-order valence-corrected chi connectivity index (χ3v) is 5.52. The molecule has 4 rings (SSSR count). The minimum Gasteiger partial charge on any atom is -0.371 e. The number of nitrogens with one attached hydrogen (secondary N) is 1. The average Bonchev–Trinajstić information content (AvgIpc) is 3.01. The highest BCUT2D eigenvalue weighted by Gasteiger charge is 2.60. The molecule has 1 N–H and O–H groups in total. The summed E-state index contributed by atoms with van der Waals surface area (Å²) in [6.45, 7) is 7.01. The van der Waals surface area contributed by atoms with E-state index in [1.165, 1.54) is 11.3 Å². The molecule has 3 amide bonds. The number of carbonyl (C=O) groups excluding carboxylic acids is 2. The van der Waals surface area contributed by atoms with Crippen molar-refractivity contribution in [2.75, 3.05) is 24.5 Å². The molecular weight excluding hydrogens is 290 g/mol. The van der Waals surface area contributed by atoms with Gasteiger partial charge < -0.3 is 9.80 Å². The van der Waals surface area contributed by atoms with Crippen LogP contribution in [0.3, 0.4) is 0 Å². The van der Waals surface area contributed by atoms with Crippen molar-refractivity contribution < 1.29 is 9.59 Å². The summed E-state index contributed by atoms with van der Waals surface area (Å²) >= 11 is 0. The zero-order valence-electron chi connectivity index (χ0n) is 13.7. The number of nitrogens with zero attached hydrogens (tertiary/aromatic N) is 2. The molecule has 1 aromatic rings. The average molecular weight is 313 g/mol. The molecular formula is C18H23N3O2. The predicted molar refractivity (Wildman–Crippen MR) is 88.4 cm³/mol. The van der Waals surface area contributed by atoms with Crippen LogP contribution in [0.5, 0.6) is 0 Å². The Bertz CT molecular complexity index is 628. The molecule has 5 heteroatoms. The van der Waals surface area contributed by atoms with Crippen molar-refractivity contribution in [3.8, 4) is 0 Å². The third kappa shape index (κ3) is 2.48. The molecule has 2 atom stereocenters. The minimum absolute atomic E-state index is 0.149. The van der Waals surface area contributed by atoms with E-state index in [1.54, 1.807) is 0 Å². The molecule has 5 nitrogen and oxygen atoms in total. The fraction of sp³-hybridized carbons (Fsp3) is 0.556. The van der Waals surface area contributed by atoms with Crippen LogP contribution in [0.15, 0.2) is 24.3 Å². The number of rotatable bonds is 3. The largest absolute Gasteiger partial charge is 0.371 e. The second-order valence-corrected chi connectivity index (χ2v) is 7.27. The van der Waals surface area contributed by atoms with E-state index in [2.05, 4.69) is 48.3 Å². The van der Waals surface area contributed by atoms with E-state index >= 15 is 0 Å². The van der Waals surface area contributed by atoms with Crippen LogP contribution in [0.2, 0.25) is 0 Å². The van der Waals surface area contributed by atoms with Gasteiger partial charge >= 0.3 is 6.03 Å². The Labute approximate surface area is 136 Å². The Morgan fingerprint density at radius 2 is 1.74 bits per heavy atom. The van der Waals surface area contributed by atoms with E-state index in [0.29, 0.717) is 36.8 Å². The van der Waals surface area contributed by atoms with Crippen LogP contribution in [0.25, 0.3) is 0 Å².